The zero-order chi connectivity index (χ0) is 14.4. The van der Waals surface area contributed by atoms with Crippen LogP contribution in [-0.2, 0) is 9.59 Å². The maximum atomic E-state index is 11.8. The van der Waals surface area contributed by atoms with Crippen LogP contribution in [0.4, 0.5) is 5.69 Å². The Hall–Kier alpha value is -1.26. The lowest BCUT2D eigenvalue weighted by molar-refractivity contribution is -0.132. The van der Waals surface area contributed by atoms with E-state index in [0.717, 1.165) is 6.42 Å². The highest BCUT2D eigenvalue weighted by Crippen LogP contribution is 2.25. The lowest BCUT2D eigenvalue weighted by Crippen LogP contribution is -2.37. The Morgan fingerprint density at radius 1 is 1.32 bits per heavy atom. The number of carbonyl (C=O) groups is 2. The van der Waals surface area contributed by atoms with Crippen LogP contribution in [0.1, 0.15) is 20.3 Å². The van der Waals surface area contributed by atoms with Gasteiger partial charge in [-0.2, -0.15) is 0 Å². The molecule has 2 amide bonds. The largest absolute Gasteiger partial charge is 0.334 e. The Bertz CT molecular complexity index is 478. The molecule has 0 saturated heterocycles. The maximum absolute atomic E-state index is 11.8. The average Bonchev–Trinajstić information content (AvgIpc) is 2.32. The molecule has 0 bridgehead atoms. The lowest BCUT2D eigenvalue weighted by atomic mass is 10.3. The highest BCUT2D eigenvalue weighted by Gasteiger charge is 2.13. The van der Waals surface area contributed by atoms with Crippen molar-refractivity contribution in [3.8, 4) is 0 Å². The van der Waals surface area contributed by atoms with Crippen molar-refractivity contribution in [2.45, 2.75) is 20.3 Å². The summed E-state index contributed by atoms with van der Waals surface area (Å²) in [6.45, 7) is 3.96. The van der Waals surface area contributed by atoms with Crippen molar-refractivity contribution in [2.75, 3.05) is 18.4 Å². The van der Waals surface area contributed by atoms with E-state index in [1.54, 1.807) is 18.2 Å². The molecule has 0 atom stereocenters. The molecule has 0 heterocycles. The highest BCUT2D eigenvalue weighted by molar-refractivity contribution is 6.36. The van der Waals surface area contributed by atoms with Gasteiger partial charge in [0.15, 0.2) is 0 Å². The number of carbonyl (C=O) groups excluding carboxylic acids is 2. The second kappa shape index (κ2) is 7.36. The molecule has 0 saturated carbocycles. The third kappa shape index (κ3) is 5.09. The number of amides is 2. The molecule has 0 fully saturated rings. The topological polar surface area (TPSA) is 49.4 Å². The standard InChI is InChI=1S/C13H16Cl2N2O2/c1-3-6-17(9(2)18)8-13(19)16-12-5-4-10(14)7-11(12)15/h4-5,7H,3,6,8H2,1-2H3,(H,16,19). The third-order valence-corrected chi connectivity index (χ3v) is 3.03. The van der Waals surface area contributed by atoms with Gasteiger partial charge in [0.2, 0.25) is 11.8 Å². The predicted molar refractivity (Wildman–Crippen MR) is 77.6 cm³/mol. The summed E-state index contributed by atoms with van der Waals surface area (Å²) in [4.78, 5) is 24.7. The molecule has 1 rings (SSSR count). The zero-order valence-corrected chi connectivity index (χ0v) is 12.4. The van der Waals surface area contributed by atoms with E-state index in [0.29, 0.717) is 22.3 Å². The Morgan fingerprint density at radius 2 is 2.00 bits per heavy atom. The van der Waals surface area contributed by atoms with Crippen LogP contribution in [0.2, 0.25) is 10.0 Å². The Morgan fingerprint density at radius 3 is 2.53 bits per heavy atom. The van der Waals surface area contributed by atoms with Crippen LogP contribution in [0.25, 0.3) is 0 Å². The monoisotopic (exact) mass is 302 g/mol. The third-order valence-electron chi connectivity index (χ3n) is 2.48. The van der Waals surface area contributed by atoms with E-state index >= 15 is 0 Å². The van der Waals surface area contributed by atoms with Gasteiger partial charge in [-0.3, -0.25) is 9.59 Å². The van der Waals surface area contributed by atoms with E-state index in [1.807, 2.05) is 6.92 Å². The van der Waals surface area contributed by atoms with E-state index < -0.39 is 0 Å². The minimum absolute atomic E-state index is 0.0160. The summed E-state index contributed by atoms with van der Waals surface area (Å²) in [5.74, 6) is -0.410. The van der Waals surface area contributed by atoms with Crippen LogP contribution in [-0.4, -0.2) is 29.8 Å². The van der Waals surface area contributed by atoms with Crippen molar-refractivity contribution in [1.29, 1.82) is 0 Å². The van der Waals surface area contributed by atoms with E-state index in [1.165, 1.54) is 11.8 Å². The summed E-state index contributed by atoms with van der Waals surface area (Å²) in [6, 6.07) is 4.81. The first-order chi connectivity index (χ1) is 8.93. The van der Waals surface area contributed by atoms with Crippen molar-refractivity contribution in [3.63, 3.8) is 0 Å². The molecular formula is C13H16Cl2N2O2. The molecule has 1 N–H and O–H groups in total. The molecule has 6 heteroatoms. The fourth-order valence-corrected chi connectivity index (χ4v) is 2.03. The molecule has 0 aromatic heterocycles. The van der Waals surface area contributed by atoms with Gasteiger partial charge in [0.1, 0.15) is 0 Å². The van der Waals surface area contributed by atoms with Gasteiger partial charge >= 0.3 is 0 Å². The number of anilines is 1. The molecule has 19 heavy (non-hydrogen) atoms. The molecule has 0 aliphatic heterocycles. The van der Waals surface area contributed by atoms with Crippen LogP contribution in [0.5, 0.6) is 0 Å². The number of hydrogen-bond acceptors (Lipinski definition) is 2. The SMILES string of the molecule is CCCN(CC(=O)Nc1ccc(Cl)cc1Cl)C(C)=O. The van der Waals surface area contributed by atoms with E-state index in [9.17, 15) is 9.59 Å². The van der Waals surface area contributed by atoms with Crippen LogP contribution in [0.3, 0.4) is 0 Å². The molecule has 0 aliphatic carbocycles. The van der Waals surface area contributed by atoms with E-state index in [-0.39, 0.29) is 18.4 Å². The van der Waals surface area contributed by atoms with Gasteiger partial charge in [-0.1, -0.05) is 30.1 Å². The second-order valence-corrected chi connectivity index (χ2v) is 4.96. The van der Waals surface area contributed by atoms with Crippen molar-refractivity contribution >= 4 is 40.7 Å². The molecule has 1 aromatic carbocycles. The number of benzene rings is 1. The van der Waals surface area contributed by atoms with Crippen LogP contribution >= 0.6 is 23.2 Å². The molecule has 0 radical (unpaired) electrons. The van der Waals surface area contributed by atoms with Gasteiger partial charge < -0.3 is 10.2 Å². The number of halogens is 2. The highest BCUT2D eigenvalue weighted by atomic mass is 35.5. The minimum Gasteiger partial charge on any atom is -0.334 e. The first-order valence-corrected chi connectivity index (χ1v) is 6.70. The van der Waals surface area contributed by atoms with Crippen molar-refractivity contribution in [2.24, 2.45) is 0 Å². The van der Waals surface area contributed by atoms with Gasteiger partial charge in [0.25, 0.3) is 0 Å². The summed E-state index contributed by atoms with van der Waals surface area (Å²) in [7, 11) is 0. The summed E-state index contributed by atoms with van der Waals surface area (Å²) in [6.07, 6.45) is 0.800. The van der Waals surface area contributed by atoms with E-state index in [4.69, 9.17) is 23.2 Å². The predicted octanol–water partition coefficient (Wildman–Crippen LogP) is 3.19. The first kappa shape index (κ1) is 15.8. The van der Waals surface area contributed by atoms with Crippen LogP contribution < -0.4 is 5.32 Å². The smallest absolute Gasteiger partial charge is 0.244 e. The van der Waals surface area contributed by atoms with Gasteiger partial charge in [0.05, 0.1) is 17.3 Å². The van der Waals surface area contributed by atoms with Crippen molar-refractivity contribution in [3.05, 3.63) is 28.2 Å². The normalized spacial score (nSPS) is 10.1. The Labute approximate surface area is 122 Å². The zero-order valence-electron chi connectivity index (χ0n) is 10.9. The Kier molecular flexibility index (Phi) is 6.12. The van der Waals surface area contributed by atoms with Gasteiger partial charge in [-0.15, -0.1) is 0 Å². The molecule has 0 unspecified atom stereocenters. The summed E-state index contributed by atoms with van der Waals surface area (Å²) >= 11 is 11.7. The summed E-state index contributed by atoms with van der Waals surface area (Å²) in [5, 5.41) is 3.52. The van der Waals surface area contributed by atoms with Crippen molar-refractivity contribution in [1.82, 2.24) is 4.90 Å². The summed E-state index contributed by atoms with van der Waals surface area (Å²) in [5.41, 5.74) is 0.482. The fourth-order valence-electron chi connectivity index (χ4n) is 1.57. The number of nitrogens with zero attached hydrogens (tertiary/aromatic N) is 1. The first-order valence-electron chi connectivity index (χ1n) is 5.94. The van der Waals surface area contributed by atoms with Gasteiger partial charge in [0, 0.05) is 18.5 Å². The molecular weight excluding hydrogens is 287 g/mol. The molecule has 0 aliphatic rings. The van der Waals surface area contributed by atoms with Gasteiger partial charge in [-0.25, -0.2) is 0 Å². The Balaban J connectivity index is 2.66. The van der Waals surface area contributed by atoms with Crippen molar-refractivity contribution < 1.29 is 9.59 Å². The number of nitrogens with one attached hydrogen (secondary N) is 1. The van der Waals surface area contributed by atoms with Gasteiger partial charge in [-0.05, 0) is 24.6 Å². The minimum atomic E-state index is -0.284. The lowest BCUT2D eigenvalue weighted by Gasteiger charge is -2.19. The number of rotatable bonds is 5. The molecule has 1 aromatic rings. The van der Waals surface area contributed by atoms with Crippen LogP contribution in [0, 0.1) is 0 Å². The van der Waals surface area contributed by atoms with Crippen LogP contribution in [0.15, 0.2) is 18.2 Å². The summed E-state index contributed by atoms with van der Waals surface area (Å²) < 4.78 is 0. The number of hydrogen-bond donors (Lipinski definition) is 1. The fraction of sp³-hybridized carbons (Fsp3) is 0.385. The second-order valence-electron chi connectivity index (χ2n) is 4.11. The average molecular weight is 303 g/mol. The maximum Gasteiger partial charge on any atom is 0.244 e. The molecule has 4 nitrogen and oxygen atoms in total. The molecule has 0 spiro atoms. The quantitative estimate of drug-likeness (QED) is 0.908. The van der Waals surface area contributed by atoms with E-state index in [2.05, 4.69) is 5.32 Å². The molecule has 104 valence electrons.